The molecule has 0 saturated heterocycles. The zero-order valence-corrected chi connectivity index (χ0v) is 21.2. The highest BCUT2D eigenvalue weighted by atomic mass is 16.6. The molecule has 1 amide bonds. The summed E-state index contributed by atoms with van der Waals surface area (Å²) in [4.78, 5) is 12.0. The molecular weight excluding hydrogens is 466 g/mol. The second-order valence-corrected chi connectivity index (χ2v) is 9.60. The Hall–Kier alpha value is -4.25. The Bertz CT molecular complexity index is 1410. The van der Waals surface area contributed by atoms with Crippen LogP contribution in [0.4, 0.5) is 10.5 Å². The summed E-state index contributed by atoms with van der Waals surface area (Å²) in [5, 5.41) is 18.1. The van der Waals surface area contributed by atoms with E-state index in [1.54, 1.807) is 6.20 Å². The van der Waals surface area contributed by atoms with Crippen molar-refractivity contribution in [2.45, 2.75) is 58.2 Å². The summed E-state index contributed by atoms with van der Waals surface area (Å²) in [6.07, 6.45) is 7.23. The van der Waals surface area contributed by atoms with Gasteiger partial charge in [0, 0.05) is 48.5 Å². The van der Waals surface area contributed by atoms with Crippen molar-refractivity contribution in [3.63, 3.8) is 0 Å². The maximum atomic E-state index is 12.0. The van der Waals surface area contributed by atoms with Crippen LogP contribution in [0.2, 0.25) is 0 Å². The van der Waals surface area contributed by atoms with Crippen LogP contribution in [-0.2, 0) is 11.3 Å². The molecule has 8 heteroatoms. The Morgan fingerprint density at radius 2 is 2.03 bits per heavy atom. The first kappa shape index (κ1) is 24.4. The van der Waals surface area contributed by atoms with Crippen LogP contribution in [0.15, 0.2) is 60.9 Å². The van der Waals surface area contributed by atoms with E-state index < -0.39 is 6.09 Å². The number of nitriles is 1. The molecule has 0 aliphatic heterocycles. The minimum atomic E-state index is -0.485. The summed E-state index contributed by atoms with van der Waals surface area (Å²) >= 11 is 0. The van der Waals surface area contributed by atoms with Gasteiger partial charge in [-0.15, -0.1) is 0 Å². The van der Waals surface area contributed by atoms with Crippen LogP contribution in [0.3, 0.4) is 0 Å². The molecule has 1 aliphatic rings. The zero-order chi connectivity index (χ0) is 25.8. The van der Waals surface area contributed by atoms with Crippen molar-refractivity contribution in [2.24, 2.45) is 0 Å². The number of hydrogen-bond donors (Lipinski definition) is 1. The summed E-state index contributed by atoms with van der Waals surface area (Å²) in [5.41, 5.74) is 4.17. The first-order chi connectivity index (χ1) is 18.0. The summed E-state index contributed by atoms with van der Waals surface area (Å²) < 4.78 is 15.5. The highest BCUT2D eigenvalue weighted by Gasteiger charge is 2.28. The average Bonchev–Trinajstić information content (AvgIpc) is 3.47. The van der Waals surface area contributed by atoms with E-state index in [0.29, 0.717) is 23.9 Å². The van der Waals surface area contributed by atoms with Crippen LogP contribution in [-0.4, -0.2) is 33.2 Å². The largest absolute Gasteiger partial charge is 0.493 e. The van der Waals surface area contributed by atoms with E-state index in [0.717, 1.165) is 53.7 Å². The van der Waals surface area contributed by atoms with Gasteiger partial charge in [0.05, 0.1) is 29.5 Å². The lowest BCUT2D eigenvalue weighted by Gasteiger charge is -2.30. The number of aryl methyl sites for hydroxylation is 1. The summed E-state index contributed by atoms with van der Waals surface area (Å²) in [7, 11) is 0. The van der Waals surface area contributed by atoms with E-state index in [4.69, 9.17) is 9.47 Å². The second-order valence-electron chi connectivity index (χ2n) is 9.60. The van der Waals surface area contributed by atoms with Gasteiger partial charge in [-0.25, -0.2) is 4.79 Å². The lowest BCUT2D eigenvalue weighted by molar-refractivity contribution is 0.130. The molecule has 4 aromatic rings. The number of hydrogen-bond acceptors (Lipinski definition) is 5. The van der Waals surface area contributed by atoms with Gasteiger partial charge in [0.2, 0.25) is 0 Å². The molecule has 2 heterocycles. The highest BCUT2D eigenvalue weighted by molar-refractivity contribution is 5.96. The maximum Gasteiger partial charge on any atom is 0.411 e. The zero-order valence-electron chi connectivity index (χ0n) is 21.2. The van der Waals surface area contributed by atoms with Gasteiger partial charge < -0.3 is 14.0 Å². The maximum absolute atomic E-state index is 12.0. The number of benzene rings is 2. The van der Waals surface area contributed by atoms with Crippen molar-refractivity contribution >= 4 is 22.7 Å². The minimum absolute atomic E-state index is 0.194. The number of nitrogens with zero attached hydrogens (tertiary/aromatic N) is 4. The van der Waals surface area contributed by atoms with Gasteiger partial charge in [-0.05, 0) is 69.0 Å². The van der Waals surface area contributed by atoms with Gasteiger partial charge in [-0.2, -0.15) is 10.4 Å². The van der Waals surface area contributed by atoms with Crippen molar-refractivity contribution in [3.8, 4) is 23.1 Å². The Morgan fingerprint density at radius 3 is 2.68 bits per heavy atom. The number of anilines is 1. The number of nitrogens with one attached hydrogen (secondary N) is 1. The van der Waals surface area contributed by atoms with Crippen LogP contribution in [0.1, 0.15) is 51.1 Å². The van der Waals surface area contributed by atoms with Gasteiger partial charge in [-0.3, -0.25) is 10.00 Å². The fraction of sp³-hybridized carbons (Fsp3) is 0.345. The number of carbonyl (C=O) groups excluding carboxylic acids is 1. The monoisotopic (exact) mass is 497 g/mol. The van der Waals surface area contributed by atoms with E-state index in [1.807, 2.05) is 67.2 Å². The highest BCUT2D eigenvalue weighted by Crippen LogP contribution is 2.43. The number of aromatic nitrogens is 3. The molecule has 1 aliphatic carbocycles. The van der Waals surface area contributed by atoms with Crippen molar-refractivity contribution in [1.29, 1.82) is 5.26 Å². The fourth-order valence-electron chi connectivity index (χ4n) is 4.72. The molecule has 0 spiro atoms. The molecular formula is C29H31N5O3. The molecule has 2 aromatic carbocycles. The van der Waals surface area contributed by atoms with Crippen molar-refractivity contribution in [1.82, 2.24) is 14.3 Å². The van der Waals surface area contributed by atoms with Crippen LogP contribution in [0.5, 0.6) is 5.75 Å². The van der Waals surface area contributed by atoms with Gasteiger partial charge in [-0.1, -0.05) is 12.1 Å². The topological polar surface area (TPSA) is 94.1 Å². The lowest BCUT2D eigenvalue weighted by atomic mass is 9.92. The molecule has 8 nitrogen and oxygen atoms in total. The minimum Gasteiger partial charge on any atom is -0.493 e. The van der Waals surface area contributed by atoms with E-state index in [-0.39, 0.29) is 6.10 Å². The van der Waals surface area contributed by atoms with E-state index in [9.17, 15) is 10.1 Å². The second kappa shape index (κ2) is 10.8. The Morgan fingerprint density at radius 1 is 1.22 bits per heavy atom. The predicted molar refractivity (Wildman–Crippen MR) is 143 cm³/mol. The van der Waals surface area contributed by atoms with Gasteiger partial charge >= 0.3 is 6.09 Å². The molecule has 1 N–H and O–H groups in total. The lowest BCUT2D eigenvalue weighted by Crippen LogP contribution is -2.18. The SMILES string of the molecule is CC(C)OC(=O)Nc1ccc(-c2c(C#N)c3ccc(OCCCn4cccn4)cc3n2C2CCC2)cc1. The first-order valence-electron chi connectivity index (χ1n) is 12.8. The van der Waals surface area contributed by atoms with Crippen LogP contribution in [0.25, 0.3) is 22.2 Å². The van der Waals surface area contributed by atoms with Crippen LogP contribution >= 0.6 is 0 Å². The Balaban J connectivity index is 1.43. The molecule has 0 bridgehead atoms. The van der Waals surface area contributed by atoms with Gasteiger partial charge in [0.15, 0.2) is 0 Å². The number of fused-ring (bicyclic) bond motifs is 1. The van der Waals surface area contributed by atoms with Gasteiger partial charge in [0.1, 0.15) is 11.8 Å². The molecule has 2 aromatic heterocycles. The van der Waals surface area contributed by atoms with Gasteiger partial charge in [0.25, 0.3) is 0 Å². The van der Waals surface area contributed by atoms with Crippen molar-refractivity contribution < 1.29 is 14.3 Å². The molecule has 1 fully saturated rings. The number of carbonyl (C=O) groups is 1. The number of rotatable bonds is 9. The molecule has 0 unspecified atom stereocenters. The normalized spacial score (nSPS) is 13.4. The first-order valence-corrected chi connectivity index (χ1v) is 12.8. The Labute approximate surface area is 216 Å². The summed E-state index contributed by atoms with van der Waals surface area (Å²) in [6.45, 7) is 5.00. The molecule has 37 heavy (non-hydrogen) atoms. The number of ether oxygens (including phenoxy) is 2. The predicted octanol–water partition coefficient (Wildman–Crippen LogP) is 6.53. The van der Waals surface area contributed by atoms with E-state index in [1.165, 1.54) is 6.42 Å². The van der Waals surface area contributed by atoms with Crippen LogP contribution in [0, 0.1) is 11.3 Å². The third-order valence-corrected chi connectivity index (χ3v) is 6.63. The van der Waals surface area contributed by atoms with Crippen molar-refractivity contribution in [2.75, 3.05) is 11.9 Å². The quantitative estimate of drug-likeness (QED) is 0.265. The standard InChI is InChI=1S/C29H31N5O3/c1-20(2)37-29(35)32-22-10-8-21(9-11-22)28-26(19-30)25-13-12-24(18-27(25)34(28)23-6-3-7-23)36-17-5-16-33-15-4-14-31-33/h4,8-15,18,20,23H,3,5-7,16-17H2,1-2H3,(H,32,35). The van der Waals surface area contributed by atoms with E-state index >= 15 is 0 Å². The average molecular weight is 498 g/mol. The number of amides is 1. The van der Waals surface area contributed by atoms with Crippen molar-refractivity contribution in [3.05, 3.63) is 66.5 Å². The summed E-state index contributed by atoms with van der Waals surface area (Å²) in [6, 6.07) is 18.3. The third-order valence-electron chi connectivity index (χ3n) is 6.63. The smallest absolute Gasteiger partial charge is 0.411 e. The third kappa shape index (κ3) is 5.31. The molecule has 1 saturated carbocycles. The summed E-state index contributed by atoms with van der Waals surface area (Å²) in [5.74, 6) is 0.797. The Kier molecular flexibility index (Phi) is 7.13. The van der Waals surface area contributed by atoms with Crippen LogP contribution < -0.4 is 10.1 Å². The molecule has 0 atom stereocenters. The molecule has 5 rings (SSSR count). The molecule has 190 valence electrons. The molecule has 0 radical (unpaired) electrons. The fourth-order valence-corrected chi connectivity index (χ4v) is 4.72. The van der Waals surface area contributed by atoms with E-state index in [2.05, 4.69) is 27.1 Å².